The van der Waals surface area contributed by atoms with Crippen LogP contribution < -0.4 is 20.1 Å². The molecule has 2 aromatic heterocycles. The van der Waals surface area contributed by atoms with Gasteiger partial charge in [-0.3, -0.25) is 4.79 Å². The van der Waals surface area contributed by atoms with E-state index in [0.29, 0.717) is 30.2 Å². The van der Waals surface area contributed by atoms with Crippen LogP contribution in [-0.2, 0) is 17.8 Å². The summed E-state index contributed by atoms with van der Waals surface area (Å²) in [5.74, 6) is 1.74. The van der Waals surface area contributed by atoms with E-state index in [0.717, 1.165) is 24.2 Å². The zero-order valence-corrected chi connectivity index (χ0v) is 18.8. The van der Waals surface area contributed by atoms with Crippen LogP contribution in [0.5, 0.6) is 11.5 Å². The number of benzene rings is 2. The highest BCUT2D eigenvalue weighted by Gasteiger charge is 2.33. The number of ether oxygens (including phenoxy) is 2. The number of nitrogens with one attached hydrogen (secondary N) is 2. The van der Waals surface area contributed by atoms with Crippen LogP contribution in [0.25, 0.3) is 11.0 Å². The largest absolute Gasteiger partial charge is 0.482 e. The highest BCUT2D eigenvalue weighted by atomic mass is 16.6. The second-order valence-corrected chi connectivity index (χ2v) is 8.09. The Bertz CT molecular complexity index is 1280. The average molecular weight is 459 g/mol. The molecule has 0 saturated carbocycles. The summed E-state index contributed by atoms with van der Waals surface area (Å²) in [7, 11) is 0. The third-order valence-electron chi connectivity index (χ3n) is 5.71. The molecule has 1 aliphatic rings. The van der Waals surface area contributed by atoms with Gasteiger partial charge in [-0.25, -0.2) is 14.6 Å². The Kier molecular flexibility index (Phi) is 6.24. The Hall–Kier alpha value is -4.14. The number of nitrogens with zero attached hydrogens (tertiary/aromatic N) is 4. The lowest BCUT2D eigenvalue weighted by Gasteiger charge is -2.31. The molecule has 0 radical (unpaired) electrons. The molecule has 1 amide bonds. The van der Waals surface area contributed by atoms with Gasteiger partial charge in [0, 0.05) is 13.1 Å². The molecular formula is C25H26N6O3. The van der Waals surface area contributed by atoms with Gasteiger partial charge < -0.3 is 20.1 Å². The number of fused-ring (bicyclic) bond motifs is 2. The Morgan fingerprint density at radius 1 is 1.00 bits per heavy atom. The molecular weight excluding hydrogens is 432 g/mol. The summed E-state index contributed by atoms with van der Waals surface area (Å²) in [5, 5.41) is 11.6. The Morgan fingerprint density at radius 2 is 1.76 bits per heavy atom. The molecule has 2 aromatic carbocycles. The molecule has 0 spiro atoms. The first kappa shape index (κ1) is 21.7. The molecule has 174 valence electrons. The number of hydrogen-bond donors (Lipinski definition) is 2. The van der Waals surface area contributed by atoms with Gasteiger partial charge >= 0.3 is 0 Å². The standard InChI is InChI=1S/C25H26N6O3/c1-17-22(34-21-10-6-5-9-20(21)33-17)25(32)27-13-14-31-24-19(15-30-31)23(28-16-29-24)26-12-11-18-7-3-2-4-8-18/h2-10,15-17,22H,11-14H2,1H3,(H,27,32)(H,26,28,29). The Labute approximate surface area is 197 Å². The first-order valence-corrected chi connectivity index (χ1v) is 11.3. The smallest absolute Gasteiger partial charge is 0.265 e. The Balaban J connectivity index is 1.17. The maximum absolute atomic E-state index is 12.7. The normalized spacial score (nSPS) is 16.9. The first-order valence-electron chi connectivity index (χ1n) is 11.3. The molecule has 2 atom stereocenters. The number of rotatable bonds is 8. The van der Waals surface area contributed by atoms with E-state index in [1.165, 1.54) is 11.9 Å². The number of amides is 1. The molecule has 0 saturated heterocycles. The topological polar surface area (TPSA) is 103 Å². The summed E-state index contributed by atoms with van der Waals surface area (Å²) >= 11 is 0. The van der Waals surface area contributed by atoms with Crippen LogP contribution in [0, 0.1) is 0 Å². The minimum atomic E-state index is -0.716. The molecule has 0 aliphatic carbocycles. The van der Waals surface area contributed by atoms with Crippen molar-refractivity contribution in [1.29, 1.82) is 0 Å². The number of carbonyl (C=O) groups excluding carboxylic acids is 1. The summed E-state index contributed by atoms with van der Waals surface area (Å²) < 4.78 is 13.4. The number of para-hydroxylation sites is 2. The van der Waals surface area contributed by atoms with Crippen molar-refractivity contribution < 1.29 is 14.3 Å². The van der Waals surface area contributed by atoms with Crippen molar-refractivity contribution in [3.63, 3.8) is 0 Å². The lowest BCUT2D eigenvalue weighted by molar-refractivity contribution is -0.133. The van der Waals surface area contributed by atoms with Gasteiger partial charge in [0.05, 0.1) is 18.1 Å². The molecule has 9 nitrogen and oxygen atoms in total. The fourth-order valence-corrected chi connectivity index (χ4v) is 3.96. The average Bonchev–Trinajstić information content (AvgIpc) is 3.28. The molecule has 4 aromatic rings. The van der Waals surface area contributed by atoms with E-state index in [2.05, 4.69) is 37.8 Å². The van der Waals surface area contributed by atoms with Gasteiger partial charge in [0.1, 0.15) is 18.2 Å². The van der Waals surface area contributed by atoms with Crippen LogP contribution in [0.2, 0.25) is 0 Å². The van der Waals surface area contributed by atoms with Crippen molar-refractivity contribution >= 4 is 22.8 Å². The van der Waals surface area contributed by atoms with E-state index in [4.69, 9.17) is 9.47 Å². The number of carbonyl (C=O) groups is 1. The molecule has 2 unspecified atom stereocenters. The van der Waals surface area contributed by atoms with Crippen LogP contribution >= 0.6 is 0 Å². The van der Waals surface area contributed by atoms with Crippen LogP contribution in [0.3, 0.4) is 0 Å². The van der Waals surface area contributed by atoms with Crippen molar-refractivity contribution in [2.24, 2.45) is 0 Å². The first-order chi connectivity index (χ1) is 16.7. The second kappa shape index (κ2) is 9.78. The van der Waals surface area contributed by atoms with Crippen molar-refractivity contribution in [3.05, 3.63) is 72.7 Å². The minimum absolute atomic E-state index is 0.226. The summed E-state index contributed by atoms with van der Waals surface area (Å²) in [6, 6.07) is 17.6. The molecule has 5 rings (SSSR count). The van der Waals surface area contributed by atoms with Crippen LogP contribution in [0.4, 0.5) is 5.82 Å². The summed E-state index contributed by atoms with van der Waals surface area (Å²) in [5.41, 5.74) is 1.97. The van der Waals surface area contributed by atoms with E-state index in [1.807, 2.05) is 43.3 Å². The summed E-state index contributed by atoms with van der Waals surface area (Å²) in [6.45, 7) is 3.42. The quantitative estimate of drug-likeness (QED) is 0.418. The lowest BCUT2D eigenvalue weighted by atomic mass is 10.1. The van der Waals surface area contributed by atoms with Crippen molar-refractivity contribution in [3.8, 4) is 11.5 Å². The zero-order valence-electron chi connectivity index (χ0n) is 18.8. The van der Waals surface area contributed by atoms with E-state index >= 15 is 0 Å². The van der Waals surface area contributed by atoms with Crippen LogP contribution in [0.15, 0.2) is 67.1 Å². The van der Waals surface area contributed by atoms with E-state index in [1.54, 1.807) is 16.9 Å². The van der Waals surface area contributed by atoms with Gasteiger partial charge in [0.2, 0.25) is 6.10 Å². The molecule has 2 N–H and O–H groups in total. The molecule has 0 fully saturated rings. The van der Waals surface area contributed by atoms with Crippen molar-refractivity contribution in [2.45, 2.75) is 32.1 Å². The number of aromatic nitrogens is 4. The van der Waals surface area contributed by atoms with Gasteiger partial charge in [0.15, 0.2) is 17.1 Å². The Morgan fingerprint density at radius 3 is 2.59 bits per heavy atom. The number of hydrogen-bond acceptors (Lipinski definition) is 7. The van der Waals surface area contributed by atoms with Crippen molar-refractivity contribution in [1.82, 2.24) is 25.1 Å². The summed E-state index contributed by atoms with van der Waals surface area (Å²) in [6.07, 6.45) is 3.06. The fourth-order valence-electron chi connectivity index (χ4n) is 3.96. The fraction of sp³-hybridized carbons (Fsp3) is 0.280. The van der Waals surface area contributed by atoms with Gasteiger partial charge in [0.25, 0.3) is 5.91 Å². The van der Waals surface area contributed by atoms with E-state index in [-0.39, 0.29) is 5.91 Å². The monoisotopic (exact) mass is 458 g/mol. The maximum atomic E-state index is 12.7. The van der Waals surface area contributed by atoms with Gasteiger partial charge in [-0.1, -0.05) is 42.5 Å². The third-order valence-corrected chi connectivity index (χ3v) is 5.71. The zero-order chi connectivity index (χ0) is 23.3. The maximum Gasteiger partial charge on any atom is 0.265 e. The molecule has 1 aliphatic heterocycles. The number of anilines is 1. The predicted octanol–water partition coefficient (Wildman–Crippen LogP) is 2.83. The SMILES string of the molecule is CC1Oc2ccccc2OC1C(=O)NCCn1ncc2c(NCCc3ccccc3)ncnc21. The molecule has 34 heavy (non-hydrogen) atoms. The van der Waals surface area contributed by atoms with Crippen LogP contribution in [0.1, 0.15) is 12.5 Å². The highest BCUT2D eigenvalue weighted by molar-refractivity contribution is 5.86. The second-order valence-electron chi connectivity index (χ2n) is 8.09. The van der Waals surface area contributed by atoms with Crippen LogP contribution in [-0.4, -0.2) is 51.0 Å². The minimum Gasteiger partial charge on any atom is -0.482 e. The lowest BCUT2D eigenvalue weighted by Crippen LogP contribution is -2.49. The predicted molar refractivity (Wildman–Crippen MR) is 128 cm³/mol. The van der Waals surface area contributed by atoms with Gasteiger partial charge in [-0.2, -0.15) is 5.10 Å². The third kappa shape index (κ3) is 4.63. The molecule has 9 heteroatoms. The molecule has 0 bridgehead atoms. The van der Waals surface area contributed by atoms with Crippen molar-refractivity contribution in [2.75, 3.05) is 18.4 Å². The van der Waals surface area contributed by atoms with E-state index < -0.39 is 12.2 Å². The highest BCUT2D eigenvalue weighted by Crippen LogP contribution is 2.33. The molecule has 3 heterocycles. The summed E-state index contributed by atoms with van der Waals surface area (Å²) in [4.78, 5) is 21.5. The van der Waals surface area contributed by atoms with Gasteiger partial charge in [-0.05, 0) is 31.0 Å². The van der Waals surface area contributed by atoms with E-state index in [9.17, 15) is 4.79 Å². The van der Waals surface area contributed by atoms with Gasteiger partial charge in [-0.15, -0.1) is 0 Å².